The number of hydrogen-bond acceptors (Lipinski definition) is 4. The molecule has 1 unspecified atom stereocenters. The highest BCUT2D eigenvalue weighted by Gasteiger charge is 2.32. The van der Waals surface area contributed by atoms with Gasteiger partial charge < -0.3 is 4.90 Å². The van der Waals surface area contributed by atoms with Gasteiger partial charge in [0.2, 0.25) is 17.8 Å². The number of anilines is 1. The number of amides is 1. The summed E-state index contributed by atoms with van der Waals surface area (Å²) in [6.07, 6.45) is 0.190. The maximum absolute atomic E-state index is 13.0. The van der Waals surface area contributed by atoms with Gasteiger partial charge in [0.25, 0.3) is 0 Å². The molecule has 0 radical (unpaired) electrons. The van der Waals surface area contributed by atoms with Crippen LogP contribution in [0.5, 0.6) is 0 Å². The van der Waals surface area contributed by atoms with Crippen LogP contribution in [-0.4, -0.2) is 27.8 Å². The van der Waals surface area contributed by atoms with Crippen LogP contribution >= 0.6 is 11.8 Å². The number of pyridine rings is 1. The molecule has 1 fully saturated rings. The Labute approximate surface area is 106 Å². The van der Waals surface area contributed by atoms with Crippen LogP contribution in [0.1, 0.15) is 13.3 Å². The van der Waals surface area contributed by atoms with Crippen molar-refractivity contribution in [1.82, 2.24) is 4.98 Å². The molecule has 18 heavy (non-hydrogen) atoms. The van der Waals surface area contributed by atoms with Gasteiger partial charge in [-0.25, -0.2) is 0 Å². The lowest BCUT2D eigenvalue weighted by Gasteiger charge is -2.16. The summed E-state index contributed by atoms with van der Waals surface area (Å²) in [5.41, 5.74) is 0.136. The summed E-state index contributed by atoms with van der Waals surface area (Å²) < 4.78 is 25.9. The summed E-state index contributed by atoms with van der Waals surface area (Å²) >= 11 is 1.07. The Balaban J connectivity index is 2.18. The molecule has 1 aliphatic heterocycles. The first-order valence-electron chi connectivity index (χ1n) is 5.26. The first-order valence-corrected chi connectivity index (χ1v) is 6.14. The number of aromatic nitrogens is 1. The lowest BCUT2D eigenvalue weighted by atomic mass is 10.3. The Morgan fingerprint density at radius 1 is 1.44 bits per heavy atom. The van der Waals surface area contributed by atoms with Gasteiger partial charge in [-0.3, -0.25) is 9.59 Å². The van der Waals surface area contributed by atoms with E-state index in [1.54, 1.807) is 0 Å². The summed E-state index contributed by atoms with van der Waals surface area (Å²) in [4.78, 5) is 26.9. The van der Waals surface area contributed by atoms with Crippen LogP contribution in [0.15, 0.2) is 12.1 Å². The second kappa shape index (κ2) is 5.01. The molecule has 0 spiro atoms. The van der Waals surface area contributed by atoms with Crippen molar-refractivity contribution in [3.05, 3.63) is 24.0 Å². The van der Waals surface area contributed by atoms with Crippen LogP contribution in [0.3, 0.4) is 0 Å². The van der Waals surface area contributed by atoms with E-state index in [1.807, 2.05) is 0 Å². The molecular weight excluding hydrogens is 262 g/mol. The molecule has 2 rings (SSSR count). The molecule has 1 aromatic heterocycles. The molecule has 0 aliphatic carbocycles. The van der Waals surface area contributed by atoms with Gasteiger partial charge in [0.05, 0.1) is 5.69 Å². The van der Waals surface area contributed by atoms with E-state index in [2.05, 4.69) is 4.98 Å². The normalized spacial score (nSPS) is 19.4. The van der Waals surface area contributed by atoms with Gasteiger partial charge >= 0.3 is 0 Å². The van der Waals surface area contributed by atoms with Gasteiger partial charge in [-0.2, -0.15) is 13.8 Å². The van der Waals surface area contributed by atoms with E-state index in [0.29, 0.717) is 0 Å². The predicted octanol–water partition coefficient (Wildman–Crippen LogP) is 1.74. The molecule has 4 nitrogen and oxygen atoms in total. The zero-order valence-electron chi connectivity index (χ0n) is 9.52. The molecule has 1 aromatic rings. The minimum Gasteiger partial charge on any atom is -0.311 e. The molecule has 0 aromatic carbocycles. The van der Waals surface area contributed by atoms with Gasteiger partial charge in [0.1, 0.15) is 0 Å². The fourth-order valence-corrected chi connectivity index (χ4v) is 2.77. The van der Waals surface area contributed by atoms with E-state index in [4.69, 9.17) is 0 Å². The molecule has 1 amide bonds. The van der Waals surface area contributed by atoms with Gasteiger partial charge in [-0.1, -0.05) is 11.8 Å². The third-order valence-corrected chi connectivity index (χ3v) is 3.46. The topological polar surface area (TPSA) is 50.3 Å². The zero-order chi connectivity index (χ0) is 13.3. The number of carbonyl (C=O) groups excluding carboxylic acids is 2. The Morgan fingerprint density at radius 3 is 2.61 bits per heavy atom. The molecule has 1 atom stereocenters. The van der Waals surface area contributed by atoms with E-state index in [1.165, 1.54) is 11.8 Å². The third kappa shape index (κ3) is 2.84. The monoisotopic (exact) mass is 272 g/mol. The zero-order valence-corrected chi connectivity index (χ0v) is 10.3. The van der Waals surface area contributed by atoms with E-state index < -0.39 is 11.9 Å². The van der Waals surface area contributed by atoms with Gasteiger partial charge in [0.15, 0.2) is 5.12 Å². The third-order valence-electron chi connectivity index (χ3n) is 2.48. The van der Waals surface area contributed by atoms with Gasteiger partial charge in [-0.05, 0) is 0 Å². The summed E-state index contributed by atoms with van der Waals surface area (Å²) in [5, 5.41) is -0.254. The predicted molar refractivity (Wildman–Crippen MR) is 63.2 cm³/mol. The maximum Gasteiger partial charge on any atom is 0.228 e. The standard InChI is InChI=1S/C11H10F2N2O2S/c1-6(16)18-8-4-11(17)15(5-8)7-2-9(12)14-10(13)3-7/h2-3,8H,4-5H2,1H3. The van der Waals surface area contributed by atoms with Crippen molar-refractivity contribution in [3.8, 4) is 0 Å². The van der Waals surface area contributed by atoms with Crippen molar-refractivity contribution < 1.29 is 18.4 Å². The number of hydrogen-bond donors (Lipinski definition) is 0. The number of nitrogens with zero attached hydrogens (tertiary/aromatic N) is 2. The minimum absolute atomic E-state index is 0.0817. The van der Waals surface area contributed by atoms with Crippen molar-refractivity contribution in [2.45, 2.75) is 18.6 Å². The first-order chi connectivity index (χ1) is 8.45. The minimum atomic E-state index is -0.972. The van der Waals surface area contributed by atoms with Crippen molar-refractivity contribution in [3.63, 3.8) is 0 Å². The van der Waals surface area contributed by atoms with E-state index >= 15 is 0 Å². The number of halogens is 2. The quantitative estimate of drug-likeness (QED) is 0.770. The Hall–Kier alpha value is -1.50. The van der Waals surface area contributed by atoms with Gasteiger partial charge in [0, 0.05) is 37.3 Å². The van der Waals surface area contributed by atoms with Crippen molar-refractivity contribution in [2.24, 2.45) is 0 Å². The Bertz CT molecular complexity index is 490. The fourth-order valence-electron chi connectivity index (χ4n) is 1.85. The lowest BCUT2D eigenvalue weighted by molar-refractivity contribution is -0.117. The average molecular weight is 272 g/mol. The summed E-state index contributed by atoms with van der Waals surface area (Å²) in [7, 11) is 0. The number of carbonyl (C=O) groups is 2. The number of thioether (sulfide) groups is 1. The second-order valence-corrected chi connectivity index (χ2v) is 5.39. The number of rotatable bonds is 2. The molecule has 0 N–H and O–H groups in total. The largest absolute Gasteiger partial charge is 0.311 e. The lowest BCUT2D eigenvalue weighted by Crippen LogP contribution is -2.25. The SMILES string of the molecule is CC(=O)SC1CC(=O)N(c2cc(F)nc(F)c2)C1. The van der Waals surface area contributed by atoms with E-state index in [-0.39, 0.29) is 34.9 Å². The smallest absolute Gasteiger partial charge is 0.228 e. The Kier molecular flexibility index (Phi) is 3.60. The maximum atomic E-state index is 13.0. The van der Waals surface area contributed by atoms with Crippen molar-refractivity contribution in [1.29, 1.82) is 0 Å². The highest BCUT2D eigenvalue weighted by Crippen LogP contribution is 2.28. The summed E-state index contributed by atoms with van der Waals surface area (Å²) in [6.45, 7) is 1.69. The van der Waals surface area contributed by atoms with Crippen LogP contribution in [0, 0.1) is 11.9 Å². The molecule has 2 heterocycles. The molecule has 1 aliphatic rings. The Morgan fingerprint density at radius 2 is 2.06 bits per heavy atom. The van der Waals surface area contributed by atoms with E-state index in [0.717, 1.165) is 23.9 Å². The van der Waals surface area contributed by atoms with Crippen molar-refractivity contribution >= 4 is 28.5 Å². The van der Waals surface area contributed by atoms with Crippen LogP contribution in [0.4, 0.5) is 14.5 Å². The molecule has 0 saturated carbocycles. The summed E-state index contributed by atoms with van der Waals surface area (Å²) in [5.74, 6) is -2.19. The van der Waals surface area contributed by atoms with Crippen LogP contribution in [0.2, 0.25) is 0 Å². The highest BCUT2D eigenvalue weighted by molar-refractivity contribution is 8.14. The average Bonchev–Trinajstić information content (AvgIpc) is 2.56. The molecule has 0 bridgehead atoms. The molecular formula is C11H10F2N2O2S. The van der Waals surface area contributed by atoms with Crippen LogP contribution < -0.4 is 4.90 Å². The fraction of sp³-hybridized carbons (Fsp3) is 0.364. The summed E-state index contributed by atoms with van der Waals surface area (Å²) in [6, 6.07) is 2.00. The van der Waals surface area contributed by atoms with Gasteiger partial charge in [-0.15, -0.1) is 0 Å². The highest BCUT2D eigenvalue weighted by atomic mass is 32.2. The van der Waals surface area contributed by atoms with Crippen LogP contribution in [0.25, 0.3) is 0 Å². The van der Waals surface area contributed by atoms with Crippen molar-refractivity contribution in [2.75, 3.05) is 11.4 Å². The molecule has 96 valence electrons. The second-order valence-electron chi connectivity index (χ2n) is 3.91. The molecule has 1 saturated heterocycles. The first kappa shape index (κ1) is 12.9. The molecule has 7 heteroatoms. The van der Waals surface area contributed by atoms with Crippen LogP contribution in [-0.2, 0) is 9.59 Å². The van der Waals surface area contributed by atoms with E-state index in [9.17, 15) is 18.4 Å².